The third-order valence-electron chi connectivity index (χ3n) is 5.16. The molecule has 1 fully saturated rings. The van der Waals surface area contributed by atoms with Crippen LogP contribution in [0.4, 0.5) is 0 Å². The first-order valence-electron chi connectivity index (χ1n) is 10.5. The van der Waals surface area contributed by atoms with E-state index in [0.717, 1.165) is 24.5 Å². The van der Waals surface area contributed by atoms with E-state index in [1.807, 2.05) is 42.5 Å². The SMILES string of the molecule is c1ccc(COc2ccc(OCCCCCCCN3CCCC3)cc2)cc1. The molecule has 1 aliphatic heterocycles. The van der Waals surface area contributed by atoms with Gasteiger partial charge < -0.3 is 14.4 Å². The van der Waals surface area contributed by atoms with Gasteiger partial charge in [0.2, 0.25) is 0 Å². The Balaban J connectivity index is 1.21. The van der Waals surface area contributed by atoms with Gasteiger partial charge in [-0.1, -0.05) is 49.6 Å². The van der Waals surface area contributed by atoms with Crippen LogP contribution in [0.2, 0.25) is 0 Å². The number of nitrogens with zero attached hydrogens (tertiary/aromatic N) is 1. The van der Waals surface area contributed by atoms with Crippen LogP contribution in [-0.2, 0) is 6.61 Å². The third kappa shape index (κ3) is 7.64. The Morgan fingerprint density at radius 2 is 1.30 bits per heavy atom. The molecule has 1 aliphatic rings. The summed E-state index contributed by atoms with van der Waals surface area (Å²) in [5.41, 5.74) is 1.18. The van der Waals surface area contributed by atoms with E-state index in [4.69, 9.17) is 9.47 Å². The molecule has 0 aromatic heterocycles. The minimum absolute atomic E-state index is 0.596. The van der Waals surface area contributed by atoms with Crippen LogP contribution in [0.1, 0.15) is 50.5 Å². The third-order valence-corrected chi connectivity index (χ3v) is 5.16. The van der Waals surface area contributed by atoms with Gasteiger partial charge in [-0.25, -0.2) is 0 Å². The topological polar surface area (TPSA) is 21.7 Å². The number of benzene rings is 2. The maximum Gasteiger partial charge on any atom is 0.120 e. The highest BCUT2D eigenvalue weighted by Gasteiger charge is 2.09. The van der Waals surface area contributed by atoms with Crippen molar-refractivity contribution in [1.82, 2.24) is 4.90 Å². The van der Waals surface area contributed by atoms with E-state index < -0.39 is 0 Å². The fraction of sp³-hybridized carbons (Fsp3) is 0.500. The monoisotopic (exact) mass is 367 g/mol. The van der Waals surface area contributed by atoms with Crippen LogP contribution in [-0.4, -0.2) is 31.1 Å². The molecule has 3 rings (SSSR count). The Bertz CT molecular complexity index is 621. The largest absolute Gasteiger partial charge is 0.494 e. The molecule has 0 atom stereocenters. The molecular weight excluding hydrogens is 334 g/mol. The van der Waals surface area contributed by atoms with E-state index in [9.17, 15) is 0 Å². The summed E-state index contributed by atoms with van der Waals surface area (Å²) in [5, 5.41) is 0. The van der Waals surface area contributed by atoms with E-state index in [-0.39, 0.29) is 0 Å². The summed E-state index contributed by atoms with van der Waals surface area (Å²) in [7, 11) is 0. The summed E-state index contributed by atoms with van der Waals surface area (Å²) in [6.07, 6.45) is 9.22. The molecule has 0 unspecified atom stereocenters. The van der Waals surface area contributed by atoms with Gasteiger partial charge in [-0.2, -0.15) is 0 Å². The van der Waals surface area contributed by atoms with Gasteiger partial charge in [0.15, 0.2) is 0 Å². The number of likely N-dealkylation sites (tertiary alicyclic amines) is 1. The molecule has 0 saturated carbocycles. The molecule has 146 valence electrons. The lowest BCUT2D eigenvalue weighted by atomic mass is 10.1. The Morgan fingerprint density at radius 1 is 0.667 bits per heavy atom. The highest BCUT2D eigenvalue weighted by atomic mass is 16.5. The molecule has 27 heavy (non-hydrogen) atoms. The molecule has 2 aromatic carbocycles. The molecule has 0 aliphatic carbocycles. The van der Waals surface area contributed by atoms with Crippen molar-refractivity contribution in [2.75, 3.05) is 26.2 Å². The standard InChI is InChI=1S/C24H33NO2/c1(2-7-17-25-18-8-9-19-25)3-10-20-26-23-13-15-24(16-14-23)27-21-22-11-5-4-6-12-22/h4-6,11-16H,1-3,7-10,17-21H2. The van der Waals surface area contributed by atoms with E-state index in [1.54, 1.807) is 0 Å². The van der Waals surface area contributed by atoms with Gasteiger partial charge in [-0.05, 0) is 75.1 Å². The fourth-order valence-corrected chi connectivity index (χ4v) is 3.54. The second kappa shape index (κ2) is 11.7. The van der Waals surface area contributed by atoms with E-state index in [2.05, 4.69) is 17.0 Å². The zero-order valence-electron chi connectivity index (χ0n) is 16.4. The summed E-state index contributed by atoms with van der Waals surface area (Å²) in [4.78, 5) is 2.61. The highest BCUT2D eigenvalue weighted by Crippen LogP contribution is 2.19. The summed E-state index contributed by atoms with van der Waals surface area (Å²) in [6, 6.07) is 18.2. The van der Waals surface area contributed by atoms with Crippen molar-refractivity contribution < 1.29 is 9.47 Å². The molecule has 1 heterocycles. The van der Waals surface area contributed by atoms with Gasteiger partial charge >= 0.3 is 0 Å². The molecule has 2 aromatic rings. The molecule has 0 N–H and O–H groups in total. The zero-order chi connectivity index (χ0) is 18.6. The average Bonchev–Trinajstić information content (AvgIpc) is 3.24. The van der Waals surface area contributed by atoms with Gasteiger partial charge in [-0.3, -0.25) is 0 Å². The number of hydrogen-bond donors (Lipinski definition) is 0. The summed E-state index contributed by atoms with van der Waals surface area (Å²) >= 11 is 0. The van der Waals surface area contributed by atoms with Crippen LogP contribution < -0.4 is 9.47 Å². The number of rotatable bonds is 12. The van der Waals surface area contributed by atoms with Crippen molar-refractivity contribution in [1.29, 1.82) is 0 Å². The van der Waals surface area contributed by atoms with Crippen LogP contribution >= 0.6 is 0 Å². The summed E-state index contributed by atoms with van der Waals surface area (Å²) < 4.78 is 11.7. The Hall–Kier alpha value is -2.00. The lowest BCUT2D eigenvalue weighted by Crippen LogP contribution is -2.20. The summed E-state index contributed by atoms with van der Waals surface area (Å²) in [5.74, 6) is 1.81. The predicted octanol–water partition coefficient (Wildman–Crippen LogP) is 5.69. The quantitative estimate of drug-likeness (QED) is 0.450. The molecule has 0 spiro atoms. The maximum absolute atomic E-state index is 5.85. The van der Waals surface area contributed by atoms with Gasteiger partial charge in [0.1, 0.15) is 18.1 Å². The molecular formula is C24H33NO2. The first-order chi connectivity index (χ1) is 13.4. The van der Waals surface area contributed by atoms with Crippen molar-refractivity contribution in [3.63, 3.8) is 0 Å². The molecule has 3 nitrogen and oxygen atoms in total. The Kier molecular flexibility index (Phi) is 8.53. The van der Waals surface area contributed by atoms with Gasteiger partial charge in [0, 0.05) is 0 Å². The fourth-order valence-electron chi connectivity index (χ4n) is 3.54. The normalized spacial score (nSPS) is 14.4. The van der Waals surface area contributed by atoms with Crippen molar-refractivity contribution in [3.8, 4) is 11.5 Å². The molecule has 3 heteroatoms. The van der Waals surface area contributed by atoms with E-state index >= 15 is 0 Å². The predicted molar refractivity (Wildman–Crippen MR) is 111 cm³/mol. The first kappa shape index (κ1) is 19.8. The lowest BCUT2D eigenvalue weighted by molar-refractivity contribution is 0.295. The van der Waals surface area contributed by atoms with E-state index in [0.29, 0.717) is 6.61 Å². The smallest absolute Gasteiger partial charge is 0.120 e. The molecule has 1 saturated heterocycles. The lowest BCUT2D eigenvalue weighted by Gasteiger charge is -2.13. The number of hydrogen-bond acceptors (Lipinski definition) is 3. The second-order valence-corrected chi connectivity index (χ2v) is 7.41. The minimum atomic E-state index is 0.596. The molecule has 0 amide bonds. The number of ether oxygens (including phenoxy) is 2. The van der Waals surface area contributed by atoms with E-state index in [1.165, 1.54) is 63.7 Å². The minimum Gasteiger partial charge on any atom is -0.494 e. The van der Waals surface area contributed by atoms with Crippen LogP contribution in [0.15, 0.2) is 54.6 Å². The van der Waals surface area contributed by atoms with Crippen molar-refractivity contribution in [3.05, 3.63) is 60.2 Å². The van der Waals surface area contributed by atoms with Crippen molar-refractivity contribution in [2.45, 2.75) is 51.6 Å². The number of unbranched alkanes of at least 4 members (excludes halogenated alkanes) is 4. The van der Waals surface area contributed by atoms with Gasteiger partial charge in [0.25, 0.3) is 0 Å². The van der Waals surface area contributed by atoms with Crippen molar-refractivity contribution >= 4 is 0 Å². The first-order valence-corrected chi connectivity index (χ1v) is 10.5. The van der Waals surface area contributed by atoms with Gasteiger partial charge in [-0.15, -0.1) is 0 Å². The Labute approximate surface area is 164 Å². The maximum atomic E-state index is 5.85. The van der Waals surface area contributed by atoms with Crippen LogP contribution in [0, 0.1) is 0 Å². The van der Waals surface area contributed by atoms with Crippen LogP contribution in [0.5, 0.6) is 11.5 Å². The van der Waals surface area contributed by atoms with Crippen molar-refractivity contribution in [2.24, 2.45) is 0 Å². The second-order valence-electron chi connectivity index (χ2n) is 7.41. The summed E-state index contributed by atoms with van der Waals surface area (Å²) in [6.45, 7) is 5.35. The zero-order valence-corrected chi connectivity index (χ0v) is 16.4. The Morgan fingerprint density at radius 3 is 2.04 bits per heavy atom. The highest BCUT2D eigenvalue weighted by molar-refractivity contribution is 5.31. The average molecular weight is 368 g/mol. The van der Waals surface area contributed by atoms with Gasteiger partial charge in [0.05, 0.1) is 6.61 Å². The molecule has 0 bridgehead atoms. The van der Waals surface area contributed by atoms with Crippen LogP contribution in [0.3, 0.4) is 0 Å². The molecule has 0 radical (unpaired) electrons. The van der Waals surface area contributed by atoms with Crippen LogP contribution in [0.25, 0.3) is 0 Å².